The second-order valence-electron chi connectivity index (χ2n) is 4.85. The normalized spacial score (nSPS) is 14.9. The van der Waals surface area contributed by atoms with Crippen molar-refractivity contribution in [1.29, 1.82) is 5.26 Å². The van der Waals surface area contributed by atoms with E-state index in [1.807, 2.05) is 6.07 Å². The second kappa shape index (κ2) is 5.22. The molecule has 1 aliphatic heterocycles. The molecule has 0 bridgehead atoms. The van der Waals surface area contributed by atoms with Crippen molar-refractivity contribution < 1.29 is 16.8 Å². The Labute approximate surface area is 133 Å². The summed E-state index contributed by atoms with van der Waals surface area (Å²) in [5.41, 5.74) is 0.867. The van der Waals surface area contributed by atoms with E-state index >= 15 is 0 Å². The molecule has 2 aromatic rings. The molecule has 8 heteroatoms. The first-order valence-corrected chi connectivity index (χ1v) is 9.45. The molecule has 0 aliphatic carbocycles. The van der Waals surface area contributed by atoms with Gasteiger partial charge in [0, 0.05) is 5.41 Å². The summed E-state index contributed by atoms with van der Waals surface area (Å²) in [6, 6.07) is 11.7. The molecule has 0 atom stereocenters. The highest BCUT2D eigenvalue weighted by atomic mass is 32.2. The maximum Gasteiger partial charge on any atom is 0.261 e. The average molecular weight is 346 g/mol. The molecule has 2 aromatic carbocycles. The standard InChI is InChI=1S/C15H10N2O4S2/c16-10-11-2-1-3-14(8-11)23(20,21)17-13-5-4-12-6-7-22(18,19)15(12)9-13/h1-9,17H. The van der Waals surface area contributed by atoms with Gasteiger partial charge in [-0.25, -0.2) is 16.8 Å². The van der Waals surface area contributed by atoms with Crippen molar-refractivity contribution in [2.24, 2.45) is 0 Å². The van der Waals surface area contributed by atoms with Gasteiger partial charge >= 0.3 is 0 Å². The highest BCUT2D eigenvalue weighted by molar-refractivity contribution is 7.95. The summed E-state index contributed by atoms with van der Waals surface area (Å²) in [4.78, 5) is -0.0125. The zero-order chi connectivity index (χ0) is 16.7. The van der Waals surface area contributed by atoms with Gasteiger partial charge in [0.05, 0.1) is 27.1 Å². The Morgan fingerprint density at radius 2 is 1.87 bits per heavy atom. The largest absolute Gasteiger partial charge is 0.280 e. The number of nitriles is 1. The van der Waals surface area contributed by atoms with Gasteiger partial charge in [-0.2, -0.15) is 5.26 Å². The van der Waals surface area contributed by atoms with Crippen molar-refractivity contribution in [3.05, 3.63) is 59.0 Å². The minimum Gasteiger partial charge on any atom is -0.280 e. The summed E-state index contributed by atoms with van der Waals surface area (Å²) in [6.07, 6.45) is 1.46. The highest BCUT2D eigenvalue weighted by Gasteiger charge is 2.22. The molecule has 116 valence electrons. The van der Waals surface area contributed by atoms with Crippen molar-refractivity contribution >= 4 is 31.6 Å². The lowest BCUT2D eigenvalue weighted by molar-refractivity contribution is 0.600. The van der Waals surface area contributed by atoms with Crippen LogP contribution in [0.4, 0.5) is 5.69 Å². The van der Waals surface area contributed by atoms with Gasteiger partial charge in [0.1, 0.15) is 0 Å². The van der Waals surface area contributed by atoms with E-state index in [0.29, 0.717) is 5.56 Å². The number of hydrogen-bond acceptors (Lipinski definition) is 5. The van der Waals surface area contributed by atoms with Crippen LogP contribution in [0.15, 0.2) is 57.7 Å². The van der Waals surface area contributed by atoms with Crippen LogP contribution in [0, 0.1) is 11.3 Å². The van der Waals surface area contributed by atoms with Gasteiger partial charge in [-0.05, 0) is 42.0 Å². The Bertz CT molecular complexity index is 1080. The fraction of sp³-hybridized carbons (Fsp3) is 0. The van der Waals surface area contributed by atoms with Gasteiger partial charge in [0.15, 0.2) is 0 Å². The molecule has 0 radical (unpaired) electrons. The van der Waals surface area contributed by atoms with E-state index < -0.39 is 19.9 Å². The lowest BCUT2D eigenvalue weighted by atomic mass is 10.2. The molecule has 0 fully saturated rings. The van der Waals surface area contributed by atoms with E-state index in [1.165, 1.54) is 48.5 Å². The first kappa shape index (κ1) is 15.3. The molecular weight excluding hydrogens is 336 g/mol. The first-order chi connectivity index (χ1) is 10.8. The van der Waals surface area contributed by atoms with E-state index in [4.69, 9.17) is 5.26 Å². The van der Waals surface area contributed by atoms with E-state index in [9.17, 15) is 16.8 Å². The molecule has 0 aromatic heterocycles. The summed E-state index contributed by atoms with van der Waals surface area (Å²) >= 11 is 0. The Balaban J connectivity index is 1.98. The van der Waals surface area contributed by atoms with E-state index in [-0.39, 0.29) is 21.0 Å². The van der Waals surface area contributed by atoms with Crippen LogP contribution in [0.2, 0.25) is 0 Å². The van der Waals surface area contributed by atoms with Crippen molar-refractivity contribution in [2.45, 2.75) is 9.79 Å². The molecular formula is C15H10N2O4S2. The van der Waals surface area contributed by atoms with E-state index in [1.54, 1.807) is 0 Å². The van der Waals surface area contributed by atoms with Gasteiger partial charge in [-0.1, -0.05) is 12.1 Å². The minimum atomic E-state index is -3.92. The van der Waals surface area contributed by atoms with E-state index in [0.717, 1.165) is 5.41 Å². The van der Waals surface area contributed by atoms with Crippen LogP contribution < -0.4 is 4.72 Å². The summed E-state index contributed by atoms with van der Waals surface area (Å²) in [5.74, 6) is 0. The summed E-state index contributed by atoms with van der Waals surface area (Å²) in [7, 11) is -7.43. The molecule has 0 spiro atoms. The number of fused-ring (bicyclic) bond motifs is 1. The van der Waals surface area contributed by atoms with Crippen molar-refractivity contribution in [2.75, 3.05) is 4.72 Å². The van der Waals surface area contributed by atoms with Gasteiger partial charge in [-0.15, -0.1) is 0 Å². The topological polar surface area (TPSA) is 104 Å². The van der Waals surface area contributed by atoms with Crippen molar-refractivity contribution in [3.63, 3.8) is 0 Å². The number of rotatable bonds is 3. The SMILES string of the molecule is N#Cc1cccc(S(=O)(=O)Nc2ccc3c(c2)S(=O)(=O)C=C3)c1. The molecule has 0 saturated heterocycles. The molecule has 3 rings (SSSR count). The maximum atomic E-state index is 12.3. The lowest BCUT2D eigenvalue weighted by Crippen LogP contribution is -2.13. The summed E-state index contributed by atoms with van der Waals surface area (Å²) in [6.45, 7) is 0. The molecule has 23 heavy (non-hydrogen) atoms. The number of sulfonamides is 1. The maximum absolute atomic E-state index is 12.3. The van der Waals surface area contributed by atoms with Gasteiger partial charge < -0.3 is 0 Å². The molecule has 0 saturated carbocycles. The minimum absolute atomic E-state index is 0.0588. The van der Waals surface area contributed by atoms with Crippen LogP contribution in [0.5, 0.6) is 0 Å². The molecule has 1 aliphatic rings. The lowest BCUT2D eigenvalue weighted by Gasteiger charge is -2.09. The molecule has 0 amide bonds. The van der Waals surface area contributed by atoms with Crippen LogP contribution in [-0.2, 0) is 19.9 Å². The monoisotopic (exact) mass is 346 g/mol. The van der Waals surface area contributed by atoms with Crippen LogP contribution in [0.3, 0.4) is 0 Å². The quantitative estimate of drug-likeness (QED) is 0.916. The average Bonchev–Trinajstić information content (AvgIpc) is 2.82. The number of benzene rings is 2. The Morgan fingerprint density at radius 1 is 1.09 bits per heavy atom. The fourth-order valence-electron chi connectivity index (χ4n) is 2.17. The third-order valence-electron chi connectivity index (χ3n) is 3.27. The van der Waals surface area contributed by atoms with Crippen LogP contribution >= 0.6 is 0 Å². The van der Waals surface area contributed by atoms with Crippen LogP contribution in [0.25, 0.3) is 6.08 Å². The zero-order valence-electron chi connectivity index (χ0n) is 11.6. The Kier molecular flexibility index (Phi) is 3.47. The van der Waals surface area contributed by atoms with Gasteiger partial charge in [0.25, 0.3) is 10.0 Å². The number of anilines is 1. The number of nitrogens with zero attached hydrogens (tertiary/aromatic N) is 1. The fourth-order valence-corrected chi connectivity index (χ4v) is 4.49. The zero-order valence-corrected chi connectivity index (χ0v) is 13.2. The second-order valence-corrected chi connectivity index (χ2v) is 8.33. The molecule has 1 N–H and O–H groups in total. The first-order valence-electron chi connectivity index (χ1n) is 6.42. The highest BCUT2D eigenvalue weighted by Crippen LogP contribution is 2.30. The van der Waals surface area contributed by atoms with E-state index in [2.05, 4.69) is 4.72 Å². The Morgan fingerprint density at radius 3 is 2.61 bits per heavy atom. The predicted octanol–water partition coefficient (Wildman–Crippen LogP) is 2.12. The third kappa shape index (κ3) is 2.84. The summed E-state index contributed by atoms with van der Waals surface area (Å²) in [5, 5.41) is 9.92. The van der Waals surface area contributed by atoms with Gasteiger partial charge in [-0.3, -0.25) is 4.72 Å². The number of sulfone groups is 1. The smallest absolute Gasteiger partial charge is 0.261 e. The van der Waals surface area contributed by atoms with Gasteiger partial charge in [0.2, 0.25) is 9.84 Å². The molecule has 6 nitrogen and oxygen atoms in total. The molecule has 1 heterocycles. The van der Waals surface area contributed by atoms with Crippen molar-refractivity contribution in [1.82, 2.24) is 0 Å². The van der Waals surface area contributed by atoms with Crippen LogP contribution in [-0.4, -0.2) is 16.8 Å². The number of nitrogens with one attached hydrogen (secondary N) is 1. The summed E-state index contributed by atoms with van der Waals surface area (Å²) < 4.78 is 50.7. The molecule has 0 unspecified atom stereocenters. The Hall–Kier alpha value is -2.63. The van der Waals surface area contributed by atoms with Crippen LogP contribution in [0.1, 0.15) is 11.1 Å². The predicted molar refractivity (Wildman–Crippen MR) is 84.6 cm³/mol. The third-order valence-corrected chi connectivity index (χ3v) is 6.11. The van der Waals surface area contributed by atoms with Crippen molar-refractivity contribution in [3.8, 4) is 6.07 Å². The number of hydrogen-bond donors (Lipinski definition) is 1.